The highest BCUT2D eigenvalue weighted by molar-refractivity contribution is 5.98. The van der Waals surface area contributed by atoms with Crippen LogP contribution in [0, 0.1) is 0 Å². The number of nitrogens with one attached hydrogen (secondary N) is 2. The summed E-state index contributed by atoms with van der Waals surface area (Å²) in [7, 11) is 0. The van der Waals surface area contributed by atoms with Crippen molar-refractivity contribution in [2.45, 2.75) is 25.4 Å². The zero-order valence-electron chi connectivity index (χ0n) is 10.8. The van der Waals surface area contributed by atoms with E-state index in [1.807, 2.05) is 30.5 Å². The number of hydrogen-bond donors (Lipinski definition) is 2. The Kier molecular flexibility index (Phi) is 3.51. The molecule has 4 nitrogen and oxygen atoms in total. The summed E-state index contributed by atoms with van der Waals surface area (Å²) in [6.45, 7) is 1.54. The quantitative estimate of drug-likeness (QED) is 0.885. The van der Waals surface area contributed by atoms with Crippen molar-refractivity contribution in [2.75, 3.05) is 13.2 Å². The molecule has 2 heterocycles. The van der Waals surface area contributed by atoms with Crippen molar-refractivity contribution in [3.8, 4) is 0 Å². The van der Waals surface area contributed by atoms with E-state index in [0.29, 0.717) is 18.2 Å². The van der Waals surface area contributed by atoms with Crippen LogP contribution in [-0.4, -0.2) is 30.1 Å². The van der Waals surface area contributed by atoms with Crippen LogP contribution in [0.15, 0.2) is 30.5 Å². The molecule has 1 fully saturated rings. The maximum Gasteiger partial charge on any atom is 0.251 e. The topological polar surface area (TPSA) is 54.1 Å². The SMILES string of the molecule is O=C(NCCC1CCCO1)c1ccc2[nH]ccc2c1. The van der Waals surface area contributed by atoms with Gasteiger partial charge in [-0.1, -0.05) is 0 Å². The van der Waals surface area contributed by atoms with Gasteiger partial charge in [-0.25, -0.2) is 0 Å². The van der Waals surface area contributed by atoms with Gasteiger partial charge in [-0.2, -0.15) is 0 Å². The van der Waals surface area contributed by atoms with Crippen molar-refractivity contribution in [1.29, 1.82) is 0 Å². The van der Waals surface area contributed by atoms with Crippen molar-refractivity contribution in [1.82, 2.24) is 10.3 Å². The second-order valence-electron chi connectivity index (χ2n) is 4.96. The molecule has 2 aromatic rings. The van der Waals surface area contributed by atoms with E-state index in [-0.39, 0.29) is 5.91 Å². The molecule has 19 heavy (non-hydrogen) atoms. The highest BCUT2D eigenvalue weighted by atomic mass is 16.5. The molecule has 0 saturated carbocycles. The lowest BCUT2D eigenvalue weighted by atomic mass is 10.1. The molecule has 1 aromatic heterocycles. The number of carbonyl (C=O) groups excluding carboxylic acids is 1. The number of H-pyrrole nitrogens is 1. The Labute approximate surface area is 112 Å². The van der Waals surface area contributed by atoms with Gasteiger partial charge in [-0.3, -0.25) is 4.79 Å². The molecule has 2 N–H and O–H groups in total. The molecule has 1 aliphatic rings. The molecule has 0 spiro atoms. The molecule has 1 aromatic carbocycles. The van der Waals surface area contributed by atoms with Gasteiger partial charge in [-0.15, -0.1) is 0 Å². The van der Waals surface area contributed by atoms with Crippen LogP contribution in [0.4, 0.5) is 0 Å². The van der Waals surface area contributed by atoms with Gasteiger partial charge >= 0.3 is 0 Å². The van der Waals surface area contributed by atoms with E-state index in [9.17, 15) is 4.79 Å². The lowest BCUT2D eigenvalue weighted by molar-refractivity contribution is 0.0907. The Morgan fingerprint density at radius 3 is 3.21 bits per heavy atom. The number of carbonyl (C=O) groups is 1. The second kappa shape index (κ2) is 5.45. The average Bonchev–Trinajstić information content (AvgIpc) is 3.08. The van der Waals surface area contributed by atoms with Crippen LogP contribution >= 0.6 is 0 Å². The molecule has 1 saturated heterocycles. The van der Waals surface area contributed by atoms with Gasteiger partial charge in [0.05, 0.1) is 6.10 Å². The van der Waals surface area contributed by atoms with Crippen LogP contribution in [0.2, 0.25) is 0 Å². The van der Waals surface area contributed by atoms with E-state index in [0.717, 1.165) is 36.8 Å². The van der Waals surface area contributed by atoms with E-state index >= 15 is 0 Å². The summed E-state index contributed by atoms with van der Waals surface area (Å²) in [5.41, 5.74) is 1.76. The highest BCUT2D eigenvalue weighted by Crippen LogP contribution is 2.15. The number of rotatable bonds is 4. The van der Waals surface area contributed by atoms with Gasteiger partial charge in [0.15, 0.2) is 0 Å². The van der Waals surface area contributed by atoms with Crippen molar-refractivity contribution < 1.29 is 9.53 Å². The fraction of sp³-hybridized carbons (Fsp3) is 0.400. The summed E-state index contributed by atoms with van der Waals surface area (Å²) in [6, 6.07) is 7.66. The third-order valence-corrected chi connectivity index (χ3v) is 3.59. The van der Waals surface area contributed by atoms with Crippen LogP contribution in [0.25, 0.3) is 10.9 Å². The first-order valence-electron chi connectivity index (χ1n) is 6.80. The van der Waals surface area contributed by atoms with E-state index in [4.69, 9.17) is 4.74 Å². The molecule has 100 valence electrons. The van der Waals surface area contributed by atoms with E-state index < -0.39 is 0 Å². The standard InChI is InChI=1S/C15H18N2O2/c18-15(17-8-6-13-2-1-9-19-13)12-3-4-14-11(10-12)5-7-16-14/h3-5,7,10,13,16H,1-2,6,8-9H2,(H,17,18). The minimum absolute atomic E-state index is 0.0129. The Balaban J connectivity index is 1.56. The van der Waals surface area contributed by atoms with Crippen molar-refractivity contribution >= 4 is 16.8 Å². The Bertz CT molecular complexity index is 570. The maximum absolute atomic E-state index is 12.0. The third-order valence-electron chi connectivity index (χ3n) is 3.59. The number of aromatic nitrogens is 1. The monoisotopic (exact) mass is 258 g/mol. The molecular formula is C15H18N2O2. The van der Waals surface area contributed by atoms with Gasteiger partial charge in [-0.05, 0) is 43.5 Å². The van der Waals surface area contributed by atoms with Crippen LogP contribution in [0.5, 0.6) is 0 Å². The zero-order valence-corrected chi connectivity index (χ0v) is 10.8. The highest BCUT2D eigenvalue weighted by Gasteiger charge is 2.15. The van der Waals surface area contributed by atoms with E-state index in [1.54, 1.807) is 0 Å². The van der Waals surface area contributed by atoms with Gasteiger partial charge < -0.3 is 15.0 Å². The van der Waals surface area contributed by atoms with Gasteiger partial charge in [0.1, 0.15) is 0 Å². The summed E-state index contributed by atoms with van der Waals surface area (Å²) >= 11 is 0. The molecule has 1 aliphatic heterocycles. The molecule has 0 radical (unpaired) electrons. The maximum atomic E-state index is 12.0. The molecule has 1 unspecified atom stereocenters. The first kappa shape index (κ1) is 12.2. The predicted molar refractivity (Wildman–Crippen MR) is 74.2 cm³/mol. The summed E-state index contributed by atoms with van der Waals surface area (Å²) < 4.78 is 5.53. The number of aromatic amines is 1. The van der Waals surface area contributed by atoms with Crippen LogP contribution < -0.4 is 5.32 Å². The predicted octanol–water partition coefficient (Wildman–Crippen LogP) is 2.47. The molecule has 4 heteroatoms. The Morgan fingerprint density at radius 2 is 2.37 bits per heavy atom. The van der Waals surface area contributed by atoms with Gasteiger partial charge in [0.25, 0.3) is 5.91 Å². The molecule has 0 bridgehead atoms. The lowest BCUT2D eigenvalue weighted by Gasteiger charge is -2.10. The van der Waals surface area contributed by atoms with Gasteiger partial charge in [0, 0.05) is 35.8 Å². The minimum Gasteiger partial charge on any atom is -0.378 e. The second-order valence-corrected chi connectivity index (χ2v) is 4.96. The fourth-order valence-electron chi connectivity index (χ4n) is 2.52. The van der Waals surface area contributed by atoms with Crippen LogP contribution in [0.1, 0.15) is 29.6 Å². The number of hydrogen-bond acceptors (Lipinski definition) is 2. The summed E-state index contributed by atoms with van der Waals surface area (Å²) in [4.78, 5) is 15.1. The Hall–Kier alpha value is -1.81. The summed E-state index contributed by atoms with van der Waals surface area (Å²) in [5.74, 6) is -0.0129. The molecule has 1 atom stereocenters. The van der Waals surface area contributed by atoms with Crippen molar-refractivity contribution in [3.63, 3.8) is 0 Å². The molecule has 1 amide bonds. The number of amides is 1. The Morgan fingerprint density at radius 1 is 1.42 bits per heavy atom. The minimum atomic E-state index is -0.0129. The first-order valence-corrected chi connectivity index (χ1v) is 6.80. The van der Waals surface area contributed by atoms with E-state index in [1.165, 1.54) is 0 Å². The third kappa shape index (κ3) is 2.79. The lowest BCUT2D eigenvalue weighted by Crippen LogP contribution is -2.26. The van der Waals surface area contributed by atoms with Crippen LogP contribution in [-0.2, 0) is 4.74 Å². The van der Waals surface area contributed by atoms with Crippen LogP contribution in [0.3, 0.4) is 0 Å². The smallest absolute Gasteiger partial charge is 0.251 e. The number of ether oxygens (including phenoxy) is 1. The first-order chi connectivity index (χ1) is 9.33. The molecular weight excluding hydrogens is 240 g/mol. The average molecular weight is 258 g/mol. The van der Waals surface area contributed by atoms with Gasteiger partial charge in [0.2, 0.25) is 0 Å². The number of benzene rings is 1. The fourth-order valence-corrected chi connectivity index (χ4v) is 2.52. The summed E-state index contributed by atoms with van der Waals surface area (Å²) in [6.07, 6.45) is 5.36. The summed E-state index contributed by atoms with van der Waals surface area (Å²) in [5, 5.41) is 4.02. The molecule has 0 aliphatic carbocycles. The van der Waals surface area contributed by atoms with E-state index in [2.05, 4.69) is 10.3 Å². The van der Waals surface area contributed by atoms with Crippen molar-refractivity contribution in [3.05, 3.63) is 36.0 Å². The number of fused-ring (bicyclic) bond motifs is 1. The largest absolute Gasteiger partial charge is 0.378 e. The zero-order chi connectivity index (χ0) is 13.1. The molecule has 3 rings (SSSR count). The normalized spacial score (nSPS) is 18.8. The van der Waals surface area contributed by atoms with Crippen molar-refractivity contribution in [2.24, 2.45) is 0 Å².